The van der Waals surface area contributed by atoms with Gasteiger partial charge >= 0.3 is 0 Å². The van der Waals surface area contributed by atoms with Crippen LogP contribution in [0.4, 0.5) is 0 Å². The van der Waals surface area contributed by atoms with Crippen LogP contribution in [-0.2, 0) is 16.4 Å². The summed E-state index contributed by atoms with van der Waals surface area (Å²) in [4.78, 5) is 6.63. The first kappa shape index (κ1) is 17.0. The zero-order valence-electron chi connectivity index (χ0n) is 14.0. The minimum Gasteiger partial charge on any atom is -0.456 e. The molecule has 1 atom stereocenters. The average molecular weight is 350 g/mol. The van der Waals surface area contributed by atoms with Crippen LogP contribution in [-0.4, -0.2) is 42.4 Å². The molecule has 2 aromatic heterocycles. The average Bonchev–Trinajstić information content (AvgIpc) is 3.19. The summed E-state index contributed by atoms with van der Waals surface area (Å²) in [6.45, 7) is 8.65. The summed E-state index contributed by atoms with van der Waals surface area (Å²) >= 11 is 0. The first-order valence-corrected chi connectivity index (χ1v) is 9.78. The number of hydrogen-bond acceptors (Lipinski definition) is 6. The number of sulfone groups is 1. The predicted molar refractivity (Wildman–Crippen MR) is 91.3 cm³/mol. The van der Waals surface area contributed by atoms with Crippen LogP contribution in [0.15, 0.2) is 33.6 Å². The summed E-state index contributed by atoms with van der Waals surface area (Å²) in [6.07, 6.45) is 2.44. The third-order valence-electron chi connectivity index (χ3n) is 4.29. The SMILES string of the molecule is C=CCN(Cc1nc(-c2ccc(C)o2)oc1C)[C@H]1CCS(=O)(=O)C1. The van der Waals surface area contributed by atoms with Crippen molar-refractivity contribution in [2.45, 2.75) is 32.9 Å². The summed E-state index contributed by atoms with van der Waals surface area (Å²) in [5.74, 6) is 3.01. The largest absolute Gasteiger partial charge is 0.456 e. The molecule has 1 fully saturated rings. The number of oxazole rings is 1. The van der Waals surface area contributed by atoms with Crippen LogP contribution in [0.2, 0.25) is 0 Å². The second-order valence-electron chi connectivity index (χ2n) is 6.21. The van der Waals surface area contributed by atoms with Crippen molar-refractivity contribution in [3.8, 4) is 11.7 Å². The first-order chi connectivity index (χ1) is 11.4. The van der Waals surface area contributed by atoms with Crippen LogP contribution in [0, 0.1) is 13.8 Å². The van der Waals surface area contributed by atoms with E-state index < -0.39 is 9.84 Å². The smallest absolute Gasteiger partial charge is 0.263 e. The minimum atomic E-state index is -2.93. The highest BCUT2D eigenvalue weighted by atomic mass is 32.2. The van der Waals surface area contributed by atoms with Crippen molar-refractivity contribution >= 4 is 9.84 Å². The van der Waals surface area contributed by atoms with Crippen LogP contribution in [0.3, 0.4) is 0 Å². The molecule has 7 heteroatoms. The van der Waals surface area contributed by atoms with E-state index in [1.165, 1.54) is 0 Å². The van der Waals surface area contributed by atoms with Gasteiger partial charge in [-0.1, -0.05) is 6.08 Å². The molecule has 0 saturated carbocycles. The Morgan fingerprint density at radius 3 is 2.75 bits per heavy atom. The summed E-state index contributed by atoms with van der Waals surface area (Å²) in [7, 11) is -2.93. The van der Waals surface area contributed by atoms with Crippen molar-refractivity contribution < 1.29 is 17.3 Å². The molecule has 0 unspecified atom stereocenters. The second-order valence-corrected chi connectivity index (χ2v) is 8.44. The van der Waals surface area contributed by atoms with Crippen molar-refractivity contribution in [1.29, 1.82) is 0 Å². The normalized spacial score (nSPS) is 19.9. The van der Waals surface area contributed by atoms with E-state index in [4.69, 9.17) is 8.83 Å². The van der Waals surface area contributed by atoms with E-state index in [2.05, 4.69) is 16.5 Å². The van der Waals surface area contributed by atoms with E-state index in [1.54, 1.807) is 6.08 Å². The number of aryl methyl sites for hydroxylation is 2. The van der Waals surface area contributed by atoms with Gasteiger partial charge in [0.2, 0.25) is 0 Å². The predicted octanol–water partition coefficient (Wildman–Crippen LogP) is 2.73. The number of rotatable bonds is 6. The molecule has 1 saturated heterocycles. The van der Waals surface area contributed by atoms with E-state index in [1.807, 2.05) is 26.0 Å². The summed E-state index contributed by atoms with van der Waals surface area (Å²) in [5.41, 5.74) is 0.796. The molecule has 1 aliphatic heterocycles. The van der Waals surface area contributed by atoms with Gasteiger partial charge in [0.15, 0.2) is 15.6 Å². The molecule has 1 aliphatic rings. The molecule has 6 nitrogen and oxygen atoms in total. The third kappa shape index (κ3) is 3.62. The Morgan fingerprint density at radius 1 is 1.38 bits per heavy atom. The maximum atomic E-state index is 11.8. The number of hydrogen-bond donors (Lipinski definition) is 0. The van der Waals surface area contributed by atoms with Crippen molar-refractivity contribution in [1.82, 2.24) is 9.88 Å². The zero-order chi connectivity index (χ0) is 17.3. The quantitative estimate of drug-likeness (QED) is 0.746. The van der Waals surface area contributed by atoms with Gasteiger partial charge in [0.25, 0.3) is 5.89 Å². The molecule has 0 N–H and O–H groups in total. The molecular formula is C17H22N2O4S. The van der Waals surface area contributed by atoms with E-state index >= 15 is 0 Å². The standard InChI is InChI=1S/C17H22N2O4S/c1-4-8-19(14-7-9-24(20,21)11-14)10-15-13(3)23-17(18-15)16-6-5-12(2)22-16/h4-6,14H,1,7-11H2,2-3H3/t14-/m0/s1. The molecule has 3 heterocycles. The van der Waals surface area contributed by atoms with E-state index in [9.17, 15) is 8.42 Å². The Morgan fingerprint density at radius 2 is 2.17 bits per heavy atom. The lowest BCUT2D eigenvalue weighted by molar-refractivity contribution is 0.223. The Kier molecular flexibility index (Phi) is 4.64. The highest BCUT2D eigenvalue weighted by Gasteiger charge is 2.32. The van der Waals surface area contributed by atoms with E-state index in [0.29, 0.717) is 36.9 Å². The van der Waals surface area contributed by atoms with Gasteiger partial charge in [-0.2, -0.15) is 0 Å². The van der Waals surface area contributed by atoms with Gasteiger partial charge in [-0.25, -0.2) is 13.4 Å². The van der Waals surface area contributed by atoms with Crippen molar-refractivity contribution in [3.63, 3.8) is 0 Å². The molecule has 0 bridgehead atoms. The zero-order valence-corrected chi connectivity index (χ0v) is 14.8. The lowest BCUT2D eigenvalue weighted by Crippen LogP contribution is -2.36. The van der Waals surface area contributed by atoms with E-state index in [-0.39, 0.29) is 17.5 Å². The molecule has 3 rings (SSSR count). The van der Waals surface area contributed by atoms with Crippen LogP contribution in [0.5, 0.6) is 0 Å². The third-order valence-corrected chi connectivity index (χ3v) is 6.04. The van der Waals surface area contributed by atoms with Crippen LogP contribution in [0.25, 0.3) is 11.7 Å². The van der Waals surface area contributed by atoms with Gasteiger partial charge in [0.05, 0.1) is 17.2 Å². The topological polar surface area (TPSA) is 76.6 Å². The van der Waals surface area contributed by atoms with E-state index in [0.717, 1.165) is 11.5 Å². The monoisotopic (exact) mass is 350 g/mol. The molecule has 0 aromatic carbocycles. The fourth-order valence-electron chi connectivity index (χ4n) is 2.99. The molecule has 0 amide bonds. The highest BCUT2D eigenvalue weighted by Crippen LogP contribution is 2.26. The van der Waals surface area contributed by atoms with Crippen molar-refractivity contribution in [2.24, 2.45) is 0 Å². The summed E-state index contributed by atoms with van der Waals surface area (Å²) < 4.78 is 34.8. The number of aromatic nitrogens is 1. The highest BCUT2D eigenvalue weighted by molar-refractivity contribution is 7.91. The molecule has 0 spiro atoms. The van der Waals surface area contributed by atoms with Gasteiger partial charge in [-0.15, -0.1) is 6.58 Å². The second kappa shape index (κ2) is 6.57. The number of furan rings is 1. The molecular weight excluding hydrogens is 328 g/mol. The van der Waals surface area contributed by atoms with Crippen LogP contribution >= 0.6 is 0 Å². The van der Waals surface area contributed by atoms with Gasteiger partial charge in [-0.3, -0.25) is 4.90 Å². The number of nitrogens with zero attached hydrogens (tertiary/aromatic N) is 2. The Balaban J connectivity index is 1.80. The summed E-state index contributed by atoms with van der Waals surface area (Å²) in [5, 5.41) is 0. The lowest BCUT2D eigenvalue weighted by Gasteiger charge is -2.25. The van der Waals surface area contributed by atoms with Gasteiger partial charge < -0.3 is 8.83 Å². The molecule has 0 aliphatic carbocycles. The Bertz CT molecular complexity index is 835. The van der Waals surface area contributed by atoms with Crippen molar-refractivity contribution in [3.05, 3.63) is 42.0 Å². The first-order valence-electron chi connectivity index (χ1n) is 7.96. The maximum absolute atomic E-state index is 11.8. The van der Waals surface area contributed by atoms with Crippen LogP contribution < -0.4 is 0 Å². The Labute approximate surface area is 142 Å². The summed E-state index contributed by atoms with van der Waals surface area (Å²) in [6, 6.07) is 3.69. The van der Waals surface area contributed by atoms with Crippen molar-refractivity contribution in [2.75, 3.05) is 18.1 Å². The molecule has 24 heavy (non-hydrogen) atoms. The minimum absolute atomic E-state index is 0.00147. The van der Waals surface area contributed by atoms with Gasteiger partial charge in [0.1, 0.15) is 11.5 Å². The molecule has 2 aromatic rings. The Hall–Kier alpha value is -1.86. The molecule has 0 radical (unpaired) electrons. The van der Waals surface area contributed by atoms with Crippen LogP contribution in [0.1, 0.15) is 23.6 Å². The fraction of sp³-hybridized carbons (Fsp3) is 0.471. The maximum Gasteiger partial charge on any atom is 0.263 e. The van der Waals surface area contributed by atoms with Gasteiger partial charge in [-0.05, 0) is 32.4 Å². The van der Waals surface area contributed by atoms with Gasteiger partial charge in [0, 0.05) is 19.1 Å². The lowest BCUT2D eigenvalue weighted by atomic mass is 10.2. The molecule has 130 valence electrons. The fourth-order valence-corrected chi connectivity index (χ4v) is 4.76.